The topological polar surface area (TPSA) is 72.5 Å². The molecule has 0 atom stereocenters. The molecule has 0 spiro atoms. The van der Waals surface area contributed by atoms with Gasteiger partial charge < -0.3 is 0 Å². The second-order valence-electron chi connectivity index (χ2n) is 3.04. The van der Waals surface area contributed by atoms with E-state index in [-0.39, 0.29) is 0 Å². The molecule has 1 rings (SSSR count). The molecule has 0 aliphatic carbocycles. The highest BCUT2D eigenvalue weighted by Gasteiger charge is 1.90. The summed E-state index contributed by atoms with van der Waals surface area (Å²) in [5, 5.41) is 11.9. The molecule has 0 fully saturated rings. The Labute approximate surface area is 94.1 Å². The molecule has 0 aromatic heterocycles. The van der Waals surface area contributed by atoms with Crippen LogP contribution in [0.25, 0.3) is 10.4 Å². The molecule has 4 nitrogen and oxygen atoms in total. The van der Waals surface area contributed by atoms with Crippen molar-refractivity contribution in [1.29, 1.82) is 5.26 Å². The monoisotopic (exact) mass is 210 g/mol. The lowest BCUT2D eigenvalue weighted by molar-refractivity contribution is 1.01. The molecular formula is C12H10N4. The quantitative estimate of drug-likeness (QED) is 0.248. The van der Waals surface area contributed by atoms with Crippen molar-refractivity contribution in [2.45, 2.75) is 12.8 Å². The zero-order chi connectivity index (χ0) is 11.6. The normalized spacial score (nSPS) is 8.19. The minimum atomic E-state index is 0.399. The summed E-state index contributed by atoms with van der Waals surface area (Å²) in [4.78, 5) is 2.64. The molecule has 1 aromatic carbocycles. The molecule has 0 bridgehead atoms. The van der Waals surface area contributed by atoms with Crippen LogP contribution in [0.4, 0.5) is 0 Å². The predicted molar refractivity (Wildman–Crippen MR) is 61.3 cm³/mol. The average Bonchev–Trinajstić information content (AvgIpc) is 2.31. The van der Waals surface area contributed by atoms with Gasteiger partial charge in [0, 0.05) is 23.4 Å². The predicted octanol–water partition coefficient (Wildman–Crippen LogP) is 2.80. The zero-order valence-electron chi connectivity index (χ0n) is 8.72. The van der Waals surface area contributed by atoms with Crippen LogP contribution in [-0.4, -0.2) is 6.54 Å². The summed E-state index contributed by atoms with van der Waals surface area (Å²) < 4.78 is 0. The third kappa shape index (κ3) is 4.19. The first-order valence-corrected chi connectivity index (χ1v) is 4.82. The summed E-state index contributed by atoms with van der Waals surface area (Å²) in [5.74, 6) is 5.86. The molecule has 78 valence electrons. The SMILES string of the molecule is N#CCc1ccc(C#CCCN=[N+]=[N-])cc1. The van der Waals surface area contributed by atoms with Crippen molar-refractivity contribution < 1.29 is 0 Å². The van der Waals surface area contributed by atoms with E-state index in [9.17, 15) is 0 Å². The van der Waals surface area contributed by atoms with Gasteiger partial charge in [0.1, 0.15) is 0 Å². The lowest BCUT2D eigenvalue weighted by Gasteiger charge is -1.93. The van der Waals surface area contributed by atoms with Crippen molar-refractivity contribution in [2.75, 3.05) is 6.54 Å². The van der Waals surface area contributed by atoms with E-state index in [4.69, 9.17) is 10.8 Å². The molecule has 0 aliphatic heterocycles. The van der Waals surface area contributed by atoms with E-state index in [1.54, 1.807) is 0 Å². The van der Waals surface area contributed by atoms with Gasteiger partial charge >= 0.3 is 0 Å². The van der Waals surface area contributed by atoms with Crippen LogP contribution < -0.4 is 0 Å². The number of rotatable bonds is 3. The van der Waals surface area contributed by atoms with Gasteiger partial charge in [0.15, 0.2) is 0 Å². The number of hydrogen-bond donors (Lipinski definition) is 0. The first-order chi connectivity index (χ1) is 7.86. The molecule has 1 aromatic rings. The fourth-order valence-corrected chi connectivity index (χ4v) is 1.11. The van der Waals surface area contributed by atoms with Crippen molar-refractivity contribution in [3.05, 3.63) is 45.8 Å². The van der Waals surface area contributed by atoms with Gasteiger partial charge in [-0.3, -0.25) is 0 Å². The molecule has 0 N–H and O–H groups in total. The molecule has 0 radical (unpaired) electrons. The van der Waals surface area contributed by atoms with E-state index in [0.717, 1.165) is 11.1 Å². The van der Waals surface area contributed by atoms with E-state index >= 15 is 0 Å². The number of nitrogens with zero attached hydrogens (tertiary/aromatic N) is 4. The van der Waals surface area contributed by atoms with Gasteiger partial charge in [-0.15, -0.1) is 0 Å². The molecule has 4 heteroatoms. The Morgan fingerprint density at radius 3 is 2.69 bits per heavy atom. The standard InChI is InChI=1S/C12H10N4/c13-9-8-12-6-4-11(5-7-12)3-1-2-10-15-16-14/h4-7H,2,8,10H2. The van der Waals surface area contributed by atoms with Crippen molar-refractivity contribution in [1.82, 2.24) is 0 Å². The average molecular weight is 210 g/mol. The first kappa shape index (κ1) is 11.7. The molecule has 0 heterocycles. The van der Waals surface area contributed by atoms with Crippen molar-refractivity contribution in [2.24, 2.45) is 5.11 Å². The van der Waals surface area contributed by atoms with E-state index in [1.165, 1.54) is 0 Å². The second kappa shape index (κ2) is 6.95. The molecule has 16 heavy (non-hydrogen) atoms. The van der Waals surface area contributed by atoms with Crippen LogP contribution in [0.5, 0.6) is 0 Å². The molecule has 0 saturated heterocycles. The summed E-state index contributed by atoms with van der Waals surface area (Å²) in [6.07, 6.45) is 0.981. The maximum Gasteiger partial charge on any atom is 0.0669 e. The van der Waals surface area contributed by atoms with Crippen LogP contribution >= 0.6 is 0 Å². The number of nitriles is 1. The summed E-state index contributed by atoms with van der Waals surface area (Å²) >= 11 is 0. The Hall–Kier alpha value is -2.42. The van der Waals surface area contributed by atoms with Gasteiger partial charge in [0.25, 0.3) is 0 Å². The maximum atomic E-state index is 8.50. The van der Waals surface area contributed by atoms with Gasteiger partial charge in [-0.05, 0) is 23.2 Å². The van der Waals surface area contributed by atoms with Crippen LogP contribution in [0.3, 0.4) is 0 Å². The van der Waals surface area contributed by atoms with Crippen LogP contribution in [0.2, 0.25) is 0 Å². The zero-order valence-corrected chi connectivity index (χ0v) is 8.72. The number of azide groups is 1. The Morgan fingerprint density at radius 1 is 1.31 bits per heavy atom. The lowest BCUT2D eigenvalue weighted by atomic mass is 10.1. The summed E-state index contributed by atoms with van der Waals surface area (Å²) in [7, 11) is 0. The molecular weight excluding hydrogens is 200 g/mol. The van der Waals surface area contributed by atoms with Crippen molar-refractivity contribution in [3.8, 4) is 17.9 Å². The summed E-state index contributed by atoms with van der Waals surface area (Å²) in [6, 6.07) is 9.63. The smallest absolute Gasteiger partial charge is 0.0669 e. The van der Waals surface area contributed by atoms with Crippen molar-refractivity contribution >= 4 is 0 Å². The van der Waals surface area contributed by atoms with Gasteiger partial charge in [-0.25, -0.2) is 0 Å². The van der Waals surface area contributed by atoms with Gasteiger partial charge in [0.05, 0.1) is 12.5 Å². The third-order valence-corrected chi connectivity index (χ3v) is 1.87. The molecule has 0 saturated carbocycles. The van der Waals surface area contributed by atoms with Crippen LogP contribution in [0.15, 0.2) is 29.4 Å². The highest BCUT2D eigenvalue weighted by molar-refractivity contribution is 5.36. The van der Waals surface area contributed by atoms with E-state index in [0.29, 0.717) is 19.4 Å². The Balaban J connectivity index is 2.54. The van der Waals surface area contributed by atoms with E-state index in [1.807, 2.05) is 24.3 Å². The third-order valence-electron chi connectivity index (χ3n) is 1.87. The minimum absolute atomic E-state index is 0.399. The Bertz CT molecular complexity index is 478. The van der Waals surface area contributed by atoms with Crippen LogP contribution in [0.1, 0.15) is 17.5 Å². The lowest BCUT2D eigenvalue weighted by Crippen LogP contribution is -1.81. The largest absolute Gasteiger partial charge is 0.198 e. The number of benzene rings is 1. The first-order valence-electron chi connectivity index (χ1n) is 4.82. The van der Waals surface area contributed by atoms with Gasteiger partial charge in [0.2, 0.25) is 0 Å². The molecule has 0 amide bonds. The maximum absolute atomic E-state index is 8.50. The Morgan fingerprint density at radius 2 is 2.06 bits per heavy atom. The minimum Gasteiger partial charge on any atom is -0.198 e. The Kier molecular flexibility index (Phi) is 5.06. The second-order valence-corrected chi connectivity index (χ2v) is 3.04. The van der Waals surface area contributed by atoms with Gasteiger partial charge in [-0.1, -0.05) is 29.1 Å². The van der Waals surface area contributed by atoms with Crippen LogP contribution in [0, 0.1) is 23.2 Å². The summed E-state index contributed by atoms with van der Waals surface area (Å²) in [5.41, 5.74) is 9.94. The number of hydrogen-bond acceptors (Lipinski definition) is 2. The van der Waals surface area contributed by atoms with Crippen LogP contribution in [-0.2, 0) is 6.42 Å². The van der Waals surface area contributed by atoms with E-state index in [2.05, 4.69) is 27.9 Å². The van der Waals surface area contributed by atoms with E-state index < -0.39 is 0 Å². The van der Waals surface area contributed by atoms with Crippen molar-refractivity contribution in [3.63, 3.8) is 0 Å². The highest BCUT2D eigenvalue weighted by atomic mass is 15.1. The molecule has 0 unspecified atom stereocenters. The summed E-state index contributed by atoms with van der Waals surface area (Å²) in [6.45, 7) is 0.399. The van der Waals surface area contributed by atoms with Gasteiger partial charge in [-0.2, -0.15) is 5.26 Å². The molecule has 0 aliphatic rings. The fraction of sp³-hybridized carbons (Fsp3) is 0.250. The fourth-order valence-electron chi connectivity index (χ4n) is 1.11. The highest BCUT2D eigenvalue weighted by Crippen LogP contribution is 2.03.